The molecule has 0 unspecified atom stereocenters. The van der Waals surface area contributed by atoms with Crippen LogP contribution in [-0.4, -0.2) is 39.6 Å². The predicted molar refractivity (Wildman–Crippen MR) is 136 cm³/mol. The molecule has 2 N–H and O–H groups in total. The second-order valence-corrected chi connectivity index (χ2v) is 8.70. The molecule has 0 amide bonds. The van der Waals surface area contributed by atoms with Crippen molar-refractivity contribution >= 4 is 33.7 Å². The molecule has 0 aliphatic carbocycles. The summed E-state index contributed by atoms with van der Waals surface area (Å²) in [7, 11) is 0. The van der Waals surface area contributed by atoms with Crippen molar-refractivity contribution in [1.82, 2.24) is 19.9 Å². The fourth-order valence-electron chi connectivity index (χ4n) is 4.64. The first-order valence-electron chi connectivity index (χ1n) is 11.8. The van der Waals surface area contributed by atoms with Crippen LogP contribution in [0.25, 0.3) is 33.1 Å². The molecule has 176 valence electrons. The Kier molecular flexibility index (Phi) is 5.21. The van der Waals surface area contributed by atoms with Gasteiger partial charge in [-0.1, -0.05) is 12.1 Å². The molecule has 5 aromatic rings. The number of imidazole rings is 1. The van der Waals surface area contributed by atoms with Gasteiger partial charge in [-0.15, -0.1) is 0 Å². The van der Waals surface area contributed by atoms with Crippen molar-refractivity contribution in [3.63, 3.8) is 0 Å². The molecule has 0 saturated carbocycles. The highest BCUT2D eigenvalue weighted by atomic mass is 19.1. The highest BCUT2D eigenvalue weighted by Crippen LogP contribution is 2.33. The van der Waals surface area contributed by atoms with Crippen molar-refractivity contribution in [1.29, 1.82) is 0 Å². The Balaban J connectivity index is 1.37. The SMILES string of the molecule is CCNc1nc2ccc(-c3ccc4c(c3)CN(c3nc(C)nc5cc(F)ccc35)CCO4)cc2[nH]1. The first kappa shape index (κ1) is 21.3. The first-order chi connectivity index (χ1) is 17.1. The van der Waals surface area contributed by atoms with Crippen molar-refractivity contribution in [2.75, 3.05) is 29.9 Å². The lowest BCUT2D eigenvalue weighted by Crippen LogP contribution is -2.26. The molecular weight excluding hydrogens is 443 g/mol. The molecule has 1 aliphatic rings. The van der Waals surface area contributed by atoms with Gasteiger partial charge in [0.05, 0.1) is 23.1 Å². The lowest BCUT2D eigenvalue weighted by Gasteiger charge is -2.23. The zero-order valence-electron chi connectivity index (χ0n) is 19.6. The van der Waals surface area contributed by atoms with E-state index >= 15 is 0 Å². The molecular formula is C27H25FN6O. The summed E-state index contributed by atoms with van der Waals surface area (Å²) in [6, 6.07) is 17.2. The van der Waals surface area contributed by atoms with Crippen molar-refractivity contribution in [3.05, 3.63) is 71.8 Å². The Morgan fingerprint density at radius 1 is 1.00 bits per heavy atom. The van der Waals surface area contributed by atoms with E-state index in [1.54, 1.807) is 6.07 Å². The van der Waals surface area contributed by atoms with Gasteiger partial charge in [0.2, 0.25) is 5.95 Å². The number of benzene rings is 3. The summed E-state index contributed by atoms with van der Waals surface area (Å²) in [5, 5.41) is 4.06. The van der Waals surface area contributed by atoms with E-state index in [0.717, 1.165) is 57.2 Å². The number of fused-ring (bicyclic) bond motifs is 3. The number of nitrogens with one attached hydrogen (secondary N) is 2. The normalized spacial score (nSPS) is 13.5. The number of halogens is 1. The predicted octanol–water partition coefficient (Wildman–Crippen LogP) is 5.45. The summed E-state index contributed by atoms with van der Waals surface area (Å²) in [4.78, 5) is 19.2. The number of rotatable bonds is 4. The van der Waals surface area contributed by atoms with Crippen LogP contribution in [0.4, 0.5) is 16.2 Å². The average Bonchev–Trinajstić information content (AvgIpc) is 3.12. The molecule has 0 saturated heterocycles. The number of ether oxygens (including phenoxy) is 1. The van der Waals surface area contributed by atoms with Gasteiger partial charge in [-0.25, -0.2) is 19.3 Å². The van der Waals surface area contributed by atoms with Crippen LogP contribution in [0, 0.1) is 12.7 Å². The lowest BCUT2D eigenvalue weighted by molar-refractivity contribution is 0.331. The van der Waals surface area contributed by atoms with Crippen LogP contribution < -0.4 is 15.0 Å². The second-order valence-electron chi connectivity index (χ2n) is 8.70. The smallest absolute Gasteiger partial charge is 0.201 e. The Bertz CT molecular complexity index is 1560. The number of hydrogen-bond acceptors (Lipinski definition) is 6. The fourth-order valence-corrected chi connectivity index (χ4v) is 4.64. The van der Waals surface area contributed by atoms with Gasteiger partial charge < -0.3 is 19.9 Å². The Morgan fingerprint density at radius 3 is 2.74 bits per heavy atom. The maximum absolute atomic E-state index is 13.8. The van der Waals surface area contributed by atoms with Crippen LogP contribution in [0.15, 0.2) is 54.6 Å². The van der Waals surface area contributed by atoms with Crippen molar-refractivity contribution < 1.29 is 9.13 Å². The molecule has 2 aromatic heterocycles. The summed E-state index contributed by atoms with van der Waals surface area (Å²) in [5.41, 5.74) is 5.79. The minimum atomic E-state index is -0.303. The van der Waals surface area contributed by atoms with E-state index in [4.69, 9.17) is 9.72 Å². The average molecular weight is 469 g/mol. The van der Waals surface area contributed by atoms with Crippen molar-refractivity contribution in [2.24, 2.45) is 0 Å². The number of hydrogen-bond donors (Lipinski definition) is 2. The van der Waals surface area contributed by atoms with E-state index in [1.807, 2.05) is 26.0 Å². The van der Waals surface area contributed by atoms with E-state index in [0.29, 0.717) is 31.0 Å². The highest BCUT2D eigenvalue weighted by Gasteiger charge is 2.20. The topological polar surface area (TPSA) is 79.0 Å². The fraction of sp³-hybridized carbons (Fsp3) is 0.222. The van der Waals surface area contributed by atoms with E-state index in [1.165, 1.54) is 12.1 Å². The Hall–Kier alpha value is -4.20. The van der Waals surface area contributed by atoms with Gasteiger partial charge in [0, 0.05) is 30.1 Å². The summed E-state index contributed by atoms with van der Waals surface area (Å²) in [5.74, 6) is 2.75. The van der Waals surface area contributed by atoms with Crippen LogP contribution >= 0.6 is 0 Å². The third-order valence-corrected chi connectivity index (χ3v) is 6.25. The largest absolute Gasteiger partial charge is 0.491 e. The molecule has 0 bridgehead atoms. The Labute approximate surface area is 202 Å². The number of nitrogens with zero attached hydrogens (tertiary/aromatic N) is 4. The van der Waals surface area contributed by atoms with Gasteiger partial charge in [0.25, 0.3) is 0 Å². The van der Waals surface area contributed by atoms with Gasteiger partial charge >= 0.3 is 0 Å². The third kappa shape index (κ3) is 4.01. The number of anilines is 2. The molecule has 1 aliphatic heterocycles. The summed E-state index contributed by atoms with van der Waals surface area (Å²) in [6.07, 6.45) is 0. The lowest BCUT2D eigenvalue weighted by atomic mass is 10.0. The van der Waals surface area contributed by atoms with E-state index in [-0.39, 0.29) is 5.82 Å². The summed E-state index contributed by atoms with van der Waals surface area (Å²) < 4.78 is 19.9. The zero-order chi connectivity index (χ0) is 23.9. The number of aryl methyl sites for hydroxylation is 1. The monoisotopic (exact) mass is 468 g/mol. The molecule has 0 radical (unpaired) electrons. The van der Waals surface area contributed by atoms with Crippen LogP contribution in [0.2, 0.25) is 0 Å². The molecule has 0 fully saturated rings. The van der Waals surface area contributed by atoms with Crippen molar-refractivity contribution in [2.45, 2.75) is 20.4 Å². The molecule has 7 nitrogen and oxygen atoms in total. The maximum atomic E-state index is 13.8. The molecule has 8 heteroatoms. The molecule has 3 aromatic carbocycles. The number of aromatic amines is 1. The van der Waals surface area contributed by atoms with Crippen LogP contribution in [-0.2, 0) is 6.54 Å². The van der Waals surface area contributed by atoms with Gasteiger partial charge in [0.15, 0.2) is 0 Å². The van der Waals surface area contributed by atoms with Gasteiger partial charge in [-0.05, 0) is 61.4 Å². The molecule has 0 spiro atoms. The molecule has 0 atom stereocenters. The molecule has 3 heterocycles. The second kappa shape index (κ2) is 8.54. The Morgan fingerprint density at radius 2 is 1.86 bits per heavy atom. The number of aromatic nitrogens is 4. The van der Waals surface area contributed by atoms with E-state index < -0.39 is 0 Å². The van der Waals surface area contributed by atoms with Crippen LogP contribution in [0.3, 0.4) is 0 Å². The van der Waals surface area contributed by atoms with Gasteiger partial charge in [0.1, 0.15) is 29.8 Å². The molecule has 35 heavy (non-hydrogen) atoms. The van der Waals surface area contributed by atoms with E-state index in [9.17, 15) is 4.39 Å². The van der Waals surface area contributed by atoms with Gasteiger partial charge in [-0.2, -0.15) is 0 Å². The maximum Gasteiger partial charge on any atom is 0.201 e. The minimum Gasteiger partial charge on any atom is -0.491 e. The minimum absolute atomic E-state index is 0.303. The van der Waals surface area contributed by atoms with Crippen LogP contribution in [0.1, 0.15) is 18.3 Å². The van der Waals surface area contributed by atoms with Gasteiger partial charge in [-0.3, -0.25) is 0 Å². The quantitative estimate of drug-likeness (QED) is 0.365. The highest BCUT2D eigenvalue weighted by molar-refractivity contribution is 5.90. The third-order valence-electron chi connectivity index (χ3n) is 6.25. The summed E-state index contributed by atoms with van der Waals surface area (Å²) >= 11 is 0. The standard InChI is InChI=1S/C27H25FN6O/c1-3-29-27-32-22-8-4-18(13-24(22)33-27)17-5-9-25-19(12-17)15-34(10-11-35-25)26-21-7-6-20(28)14-23(21)30-16(2)31-26/h4-9,12-14H,3,10-11,15H2,1-2H3,(H2,29,32,33). The molecule has 6 rings (SSSR count). The number of H-pyrrole nitrogens is 1. The first-order valence-corrected chi connectivity index (χ1v) is 11.8. The van der Waals surface area contributed by atoms with Crippen molar-refractivity contribution in [3.8, 4) is 16.9 Å². The zero-order valence-corrected chi connectivity index (χ0v) is 19.6. The summed E-state index contributed by atoms with van der Waals surface area (Å²) in [6.45, 7) is 6.52. The van der Waals surface area contributed by atoms with E-state index in [2.05, 4.69) is 49.4 Å². The van der Waals surface area contributed by atoms with Crippen LogP contribution in [0.5, 0.6) is 5.75 Å².